The van der Waals surface area contributed by atoms with Gasteiger partial charge in [-0.1, -0.05) is 13.8 Å². The van der Waals surface area contributed by atoms with E-state index in [1.807, 2.05) is 0 Å². The highest BCUT2D eigenvalue weighted by molar-refractivity contribution is 4.85. The van der Waals surface area contributed by atoms with E-state index >= 15 is 0 Å². The quantitative estimate of drug-likeness (QED) is 0.682. The molecule has 78 valence electrons. The van der Waals surface area contributed by atoms with Crippen molar-refractivity contribution in [1.29, 1.82) is 0 Å². The Bertz CT molecular complexity index is 138. The van der Waals surface area contributed by atoms with Gasteiger partial charge in [0.05, 0.1) is 0 Å². The minimum Gasteiger partial charge on any atom is -0.384 e. The van der Waals surface area contributed by atoms with Gasteiger partial charge in [-0.2, -0.15) is 0 Å². The van der Waals surface area contributed by atoms with Gasteiger partial charge in [-0.25, -0.2) is 0 Å². The van der Waals surface area contributed by atoms with Crippen molar-refractivity contribution in [3.8, 4) is 0 Å². The van der Waals surface area contributed by atoms with Crippen LogP contribution < -0.4 is 5.32 Å². The fourth-order valence-electron chi connectivity index (χ4n) is 2.31. The van der Waals surface area contributed by atoms with Crippen molar-refractivity contribution in [2.24, 2.45) is 17.8 Å². The van der Waals surface area contributed by atoms with E-state index in [9.17, 15) is 0 Å². The highest BCUT2D eigenvalue weighted by Gasteiger charge is 2.33. The van der Waals surface area contributed by atoms with Gasteiger partial charge in [0.25, 0.3) is 0 Å². The van der Waals surface area contributed by atoms with Crippen LogP contribution in [0.2, 0.25) is 0 Å². The molecule has 3 atom stereocenters. The molecular weight excluding hydrogens is 162 g/mol. The monoisotopic (exact) mass is 185 g/mol. The molecule has 0 aromatic carbocycles. The Labute approximate surface area is 82.0 Å². The van der Waals surface area contributed by atoms with Gasteiger partial charge < -0.3 is 10.1 Å². The van der Waals surface area contributed by atoms with Crippen LogP contribution in [0.4, 0.5) is 0 Å². The van der Waals surface area contributed by atoms with Gasteiger partial charge in [0.2, 0.25) is 0 Å². The van der Waals surface area contributed by atoms with Crippen LogP contribution in [-0.2, 0) is 4.74 Å². The second-order valence-electron chi connectivity index (χ2n) is 4.24. The first-order valence-electron chi connectivity index (χ1n) is 5.49. The second-order valence-corrected chi connectivity index (χ2v) is 4.24. The number of rotatable bonds is 6. The number of ether oxygens (including phenoxy) is 1. The summed E-state index contributed by atoms with van der Waals surface area (Å²) in [5.41, 5.74) is 0. The minimum atomic E-state index is 0.738. The van der Waals surface area contributed by atoms with Gasteiger partial charge >= 0.3 is 0 Å². The summed E-state index contributed by atoms with van der Waals surface area (Å²) in [5.74, 6) is 2.55. The molecule has 0 aromatic rings. The van der Waals surface area contributed by atoms with Crippen LogP contribution in [0.5, 0.6) is 0 Å². The zero-order chi connectivity index (χ0) is 9.68. The maximum atomic E-state index is 5.19. The van der Waals surface area contributed by atoms with Crippen LogP contribution >= 0.6 is 0 Å². The van der Waals surface area contributed by atoms with Crippen molar-refractivity contribution in [3.05, 3.63) is 0 Å². The highest BCUT2D eigenvalue weighted by atomic mass is 16.5. The summed E-state index contributed by atoms with van der Waals surface area (Å²) in [6.07, 6.45) is 2.81. The summed E-state index contributed by atoms with van der Waals surface area (Å²) in [5, 5.41) is 3.44. The molecule has 13 heavy (non-hydrogen) atoms. The van der Waals surface area contributed by atoms with Gasteiger partial charge in [0.1, 0.15) is 0 Å². The predicted octanol–water partition coefficient (Wildman–Crippen LogP) is 1.90. The summed E-state index contributed by atoms with van der Waals surface area (Å²) in [6.45, 7) is 7.71. The molecule has 2 nitrogen and oxygen atoms in total. The van der Waals surface area contributed by atoms with Crippen LogP contribution in [0.3, 0.4) is 0 Å². The zero-order valence-corrected chi connectivity index (χ0v) is 9.18. The zero-order valence-electron chi connectivity index (χ0n) is 9.18. The molecule has 0 heterocycles. The normalized spacial score (nSPS) is 29.8. The van der Waals surface area contributed by atoms with Gasteiger partial charge in [-0.15, -0.1) is 0 Å². The predicted molar refractivity (Wildman–Crippen MR) is 55.8 cm³/mol. The summed E-state index contributed by atoms with van der Waals surface area (Å²) in [6, 6.07) is 0. The van der Waals surface area contributed by atoms with E-state index in [1.54, 1.807) is 7.11 Å². The average Bonchev–Trinajstić information content (AvgIpc) is 2.03. The molecule has 0 radical (unpaired) electrons. The molecule has 0 aromatic heterocycles. The molecule has 1 N–H and O–H groups in total. The largest absolute Gasteiger partial charge is 0.384 e. The average molecular weight is 185 g/mol. The van der Waals surface area contributed by atoms with Crippen LogP contribution in [0.15, 0.2) is 0 Å². The molecule has 1 rings (SSSR count). The van der Waals surface area contributed by atoms with Crippen molar-refractivity contribution < 1.29 is 4.74 Å². The highest BCUT2D eigenvalue weighted by Crippen LogP contribution is 2.39. The van der Waals surface area contributed by atoms with Crippen molar-refractivity contribution in [1.82, 2.24) is 5.32 Å². The first-order valence-corrected chi connectivity index (χ1v) is 5.49. The third-order valence-electron chi connectivity index (χ3n) is 3.29. The molecule has 0 saturated heterocycles. The third-order valence-corrected chi connectivity index (χ3v) is 3.29. The van der Waals surface area contributed by atoms with Crippen LogP contribution in [-0.4, -0.2) is 26.8 Å². The first kappa shape index (κ1) is 11.0. The minimum absolute atomic E-state index is 0.738. The summed E-state index contributed by atoms with van der Waals surface area (Å²) < 4.78 is 5.19. The lowest BCUT2D eigenvalue weighted by atomic mass is 9.67. The fraction of sp³-hybridized carbons (Fsp3) is 1.00. The topological polar surface area (TPSA) is 21.3 Å². The fourth-order valence-corrected chi connectivity index (χ4v) is 2.31. The Morgan fingerprint density at radius 2 is 2.23 bits per heavy atom. The summed E-state index contributed by atoms with van der Waals surface area (Å²) in [7, 11) is 1.80. The molecule has 3 unspecified atom stereocenters. The number of hydrogen-bond acceptors (Lipinski definition) is 2. The smallest absolute Gasteiger partial charge is 0.0490 e. The first-order chi connectivity index (χ1) is 6.29. The van der Waals surface area contributed by atoms with Crippen LogP contribution in [0.25, 0.3) is 0 Å². The molecule has 0 bridgehead atoms. The van der Waals surface area contributed by atoms with E-state index < -0.39 is 0 Å². The van der Waals surface area contributed by atoms with Crippen molar-refractivity contribution >= 4 is 0 Å². The van der Waals surface area contributed by atoms with Crippen LogP contribution in [0, 0.1) is 17.8 Å². The van der Waals surface area contributed by atoms with E-state index in [0.717, 1.165) is 30.9 Å². The maximum Gasteiger partial charge on any atom is 0.0490 e. The molecule has 0 aliphatic heterocycles. The summed E-state index contributed by atoms with van der Waals surface area (Å²) >= 11 is 0. The van der Waals surface area contributed by atoms with Gasteiger partial charge in [0, 0.05) is 13.7 Å². The third kappa shape index (κ3) is 2.96. The lowest BCUT2D eigenvalue weighted by Crippen LogP contribution is -2.39. The van der Waals surface area contributed by atoms with E-state index in [1.165, 1.54) is 19.4 Å². The SMILES string of the molecule is CCNCC1CCC1C(C)COC. The van der Waals surface area contributed by atoms with E-state index in [2.05, 4.69) is 19.2 Å². The molecule has 1 aliphatic rings. The maximum absolute atomic E-state index is 5.19. The van der Waals surface area contributed by atoms with E-state index in [0.29, 0.717) is 0 Å². The van der Waals surface area contributed by atoms with Crippen molar-refractivity contribution in [2.45, 2.75) is 26.7 Å². The molecule has 1 fully saturated rings. The molecule has 0 spiro atoms. The molecule has 1 aliphatic carbocycles. The van der Waals surface area contributed by atoms with Crippen LogP contribution in [0.1, 0.15) is 26.7 Å². The van der Waals surface area contributed by atoms with E-state index in [4.69, 9.17) is 4.74 Å². The molecule has 1 saturated carbocycles. The lowest BCUT2D eigenvalue weighted by Gasteiger charge is -2.40. The van der Waals surface area contributed by atoms with E-state index in [-0.39, 0.29) is 0 Å². The lowest BCUT2D eigenvalue weighted by molar-refractivity contribution is 0.0521. The molecule has 2 heteroatoms. The van der Waals surface area contributed by atoms with Gasteiger partial charge in [-0.05, 0) is 43.7 Å². The number of hydrogen-bond donors (Lipinski definition) is 1. The second kappa shape index (κ2) is 5.61. The Kier molecular flexibility index (Phi) is 4.74. The Hall–Kier alpha value is -0.0800. The Balaban J connectivity index is 2.19. The Morgan fingerprint density at radius 1 is 1.46 bits per heavy atom. The molecular formula is C11H23NO. The standard InChI is InChI=1S/C11H23NO/c1-4-12-7-10-5-6-11(10)9(2)8-13-3/h9-12H,4-8H2,1-3H3. The van der Waals surface area contributed by atoms with Crippen molar-refractivity contribution in [3.63, 3.8) is 0 Å². The van der Waals surface area contributed by atoms with Gasteiger partial charge in [-0.3, -0.25) is 0 Å². The summed E-state index contributed by atoms with van der Waals surface area (Å²) in [4.78, 5) is 0. The number of nitrogens with one attached hydrogen (secondary N) is 1. The van der Waals surface area contributed by atoms with Crippen molar-refractivity contribution in [2.75, 3.05) is 26.8 Å². The molecule has 0 amide bonds. The Morgan fingerprint density at radius 3 is 2.69 bits per heavy atom. The number of methoxy groups -OCH3 is 1. The van der Waals surface area contributed by atoms with Gasteiger partial charge in [0.15, 0.2) is 0 Å².